The maximum Gasteiger partial charge on any atom is 0.112 e. The summed E-state index contributed by atoms with van der Waals surface area (Å²) in [6.07, 6.45) is 3.88. The molecule has 0 bridgehead atoms. The molecule has 5 heteroatoms. The van der Waals surface area contributed by atoms with Crippen LogP contribution >= 0.6 is 0 Å². The fourth-order valence-electron chi connectivity index (χ4n) is 2.95. The molecular formula is C13H23BO4. The Kier molecular flexibility index (Phi) is 5.07. The van der Waals surface area contributed by atoms with Crippen molar-refractivity contribution in [2.24, 2.45) is 0 Å². The van der Waals surface area contributed by atoms with Gasteiger partial charge >= 0.3 is 0 Å². The molecule has 1 N–H and O–H groups in total. The highest BCUT2D eigenvalue weighted by atomic mass is 16.6. The predicted octanol–water partition coefficient (Wildman–Crippen LogP) is 0.993. The molecule has 18 heavy (non-hydrogen) atoms. The molecule has 0 spiro atoms. The smallest absolute Gasteiger partial charge is 0.112 e. The van der Waals surface area contributed by atoms with Gasteiger partial charge in [0.25, 0.3) is 0 Å². The van der Waals surface area contributed by atoms with E-state index >= 15 is 0 Å². The average molecular weight is 254 g/mol. The van der Waals surface area contributed by atoms with Crippen LogP contribution in [0.15, 0.2) is 0 Å². The van der Waals surface area contributed by atoms with Crippen LogP contribution < -0.4 is 0 Å². The third-order valence-corrected chi connectivity index (χ3v) is 4.05. The van der Waals surface area contributed by atoms with Gasteiger partial charge < -0.3 is 19.3 Å². The Morgan fingerprint density at radius 1 is 1.28 bits per heavy atom. The molecule has 0 aromatic heterocycles. The van der Waals surface area contributed by atoms with E-state index in [0.29, 0.717) is 0 Å². The van der Waals surface area contributed by atoms with Gasteiger partial charge in [0.1, 0.15) is 20.1 Å². The van der Waals surface area contributed by atoms with E-state index in [0.717, 1.165) is 25.7 Å². The molecule has 1 saturated carbocycles. The SMILES string of the molecule is [B][C@@H]1O[C@H](CC)[C@H](O)C1O[C@@H]1CCCC[C@H]1OC. The quantitative estimate of drug-likeness (QED) is 0.760. The Balaban J connectivity index is 1.95. The van der Waals surface area contributed by atoms with Crippen molar-refractivity contribution in [2.45, 2.75) is 75.6 Å². The van der Waals surface area contributed by atoms with Crippen molar-refractivity contribution in [3.63, 3.8) is 0 Å². The van der Waals surface area contributed by atoms with Gasteiger partial charge in [-0.1, -0.05) is 19.8 Å². The highest BCUT2D eigenvalue weighted by Crippen LogP contribution is 2.30. The van der Waals surface area contributed by atoms with Gasteiger partial charge in [-0.3, -0.25) is 0 Å². The van der Waals surface area contributed by atoms with Crippen molar-refractivity contribution in [1.82, 2.24) is 0 Å². The molecule has 2 radical (unpaired) electrons. The normalized spacial score (nSPS) is 45.3. The molecule has 1 aliphatic heterocycles. The van der Waals surface area contributed by atoms with E-state index in [1.165, 1.54) is 6.42 Å². The fraction of sp³-hybridized carbons (Fsp3) is 1.00. The summed E-state index contributed by atoms with van der Waals surface area (Å²) in [6, 6.07) is -0.538. The van der Waals surface area contributed by atoms with Crippen LogP contribution in [0.5, 0.6) is 0 Å². The Morgan fingerprint density at radius 2 is 1.94 bits per heavy atom. The molecule has 0 amide bonds. The van der Waals surface area contributed by atoms with Crippen LogP contribution in [0.4, 0.5) is 0 Å². The minimum atomic E-state index is -0.635. The number of ether oxygens (including phenoxy) is 3. The van der Waals surface area contributed by atoms with Gasteiger partial charge in [0.05, 0.1) is 18.3 Å². The van der Waals surface area contributed by atoms with E-state index in [-0.39, 0.29) is 18.3 Å². The van der Waals surface area contributed by atoms with Gasteiger partial charge in [0, 0.05) is 13.1 Å². The van der Waals surface area contributed by atoms with Crippen LogP contribution in [0, 0.1) is 0 Å². The lowest BCUT2D eigenvalue weighted by molar-refractivity contribution is -0.130. The maximum absolute atomic E-state index is 10.1. The number of methoxy groups -OCH3 is 1. The highest BCUT2D eigenvalue weighted by Gasteiger charge is 2.43. The van der Waals surface area contributed by atoms with E-state index in [1.54, 1.807) is 7.11 Å². The zero-order chi connectivity index (χ0) is 13.1. The van der Waals surface area contributed by atoms with Crippen LogP contribution in [0.2, 0.25) is 0 Å². The van der Waals surface area contributed by atoms with E-state index in [2.05, 4.69) is 0 Å². The molecule has 2 fully saturated rings. The fourth-order valence-corrected chi connectivity index (χ4v) is 2.95. The number of hydrogen-bond acceptors (Lipinski definition) is 4. The lowest BCUT2D eigenvalue weighted by Gasteiger charge is -2.34. The van der Waals surface area contributed by atoms with E-state index < -0.39 is 18.2 Å². The Morgan fingerprint density at radius 3 is 2.50 bits per heavy atom. The second-order valence-electron chi connectivity index (χ2n) is 5.24. The average Bonchev–Trinajstić information content (AvgIpc) is 2.66. The molecule has 0 aromatic rings. The molecule has 2 rings (SSSR count). The highest BCUT2D eigenvalue weighted by molar-refractivity contribution is 6.11. The van der Waals surface area contributed by atoms with E-state index in [1.807, 2.05) is 6.92 Å². The van der Waals surface area contributed by atoms with Crippen molar-refractivity contribution >= 4 is 7.85 Å². The molecule has 1 aliphatic carbocycles. The Labute approximate surface area is 110 Å². The molecule has 1 unspecified atom stereocenters. The zero-order valence-electron chi connectivity index (χ0n) is 11.2. The third-order valence-electron chi connectivity index (χ3n) is 4.05. The maximum atomic E-state index is 10.1. The molecule has 102 valence electrons. The third kappa shape index (κ3) is 2.90. The lowest BCUT2D eigenvalue weighted by Crippen LogP contribution is -2.43. The van der Waals surface area contributed by atoms with Gasteiger partial charge in [0.2, 0.25) is 0 Å². The first-order valence-corrected chi connectivity index (χ1v) is 6.94. The van der Waals surface area contributed by atoms with E-state index in [4.69, 9.17) is 22.1 Å². The number of hydrogen-bond donors (Lipinski definition) is 1. The molecule has 1 saturated heterocycles. The largest absolute Gasteiger partial charge is 0.388 e. The van der Waals surface area contributed by atoms with Crippen LogP contribution in [-0.2, 0) is 14.2 Å². The second kappa shape index (κ2) is 6.37. The van der Waals surface area contributed by atoms with Crippen molar-refractivity contribution < 1.29 is 19.3 Å². The van der Waals surface area contributed by atoms with Crippen molar-refractivity contribution in [1.29, 1.82) is 0 Å². The van der Waals surface area contributed by atoms with Crippen LogP contribution in [0.3, 0.4) is 0 Å². The van der Waals surface area contributed by atoms with Crippen LogP contribution in [0.1, 0.15) is 39.0 Å². The van der Waals surface area contributed by atoms with Crippen LogP contribution in [-0.4, -0.2) is 56.6 Å². The number of rotatable bonds is 4. The monoisotopic (exact) mass is 254 g/mol. The molecule has 6 atom stereocenters. The van der Waals surface area contributed by atoms with Crippen molar-refractivity contribution in [3.8, 4) is 0 Å². The molecule has 0 aromatic carbocycles. The first kappa shape index (κ1) is 14.3. The summed E-state index contributed by atoms with van der Waals surface area (Å²) in [6.45, 7) is 1.97. The standard InChI is InChI=1S/C13H23BO4/c1-3-8-11(15)12(13(14)18-8)17-10-7-5-4-6-9(10)16-2/h8-13,15H,3-7H2,1-2H3/t8-,9-,10-,11+,12?,13-/m1/s1. The summed E-state index contributed by atoms with van der Waals surface area (Å²) < 4.78 is 16.9. The minimum Gasteiger partial charge on any atom is -0.388 e. The number of aliphatic hydroxyl groups excluding tert-OH is 1. The summed E-state index contributed by atoms with van der Waals surface area (Å²) in [7, 11) is 7.60. The Bertz CT molecular complexity index is 263. The van der Waals surface area contributed by atoms with Crippen LogP contribution in [0.25, 0.3) is 0 Å². The molecular weight excluding hydrogens is 231 g/mol. The van der Waals surface area contributed by atoms with E-state index in [9.17, 15) is 5.11 Å². The van der Waals surface area contributed by atoms with Gasteiger partial charge in [-0.25, -0.2) is 0 Å². The van der Waals surface area contributed by atoms with Gasteiger partial charge in [-0.2, -0.15) is 0 Å². The first-order chi connectivity index (χ1) is 8.67. The first-order valence-electron chi connectivity index (χ1n) is 6.94. The summed E-state index contributed by atoms with van der Waals surface area (Å²) in [5.74, 6) is 0. The minimum absolute atomic E-state index is 0.0219. The van der Waals surface area contributed by atoms with Crippen molar-refractivity contribution in [2.75, 3.05) is 7.11 Å². The second-order valence-corrected chi connectivity index (χ2v) is 5.24. The zero-order valence-corrected chi connectivity index (χ0v) is 11.2. The van der Waals surface area contributed by atoms with Gasteiger partial charge in [0.15, 0.2) is 0 Å². The Hall–Kier alpha value is -0.0951. The van der Waals surface area contributed by atoms with Gasteiger partial charge in [-0.05, 0) is 19.3 Å². The summed E-state index contributed by atoms with van der Waals surface area (Å²) in [5.41, 5.74) is 0. The van der Waals surface area contributed by atoms with Gasteiger partial charge in [-0.15, -0.1) is 0 Å². The summed E-state index contributed by atoms with van der Waals surface area (Å²) >= 11 is 0. The number of aliphatic hydroxyl groups is 1. The molecule has 2 aliphatic rings. The predicted molar refractivity (Wildman–Crippen MR) is 68.6 cm³/mol. The molecule has 1 heterocycles. The summed E-state index contributed by atoms with van der Waals surface area (Å²) in [4.78, 5) is 0. The topological polar surface area (TPSA) is 47.9 Å². The molecule has 4 nitrogen and oxygen atoms in total. The van der Waals surface area contributed by atoms with Crippen molar-refractivity contribution in [3.05, 3.63) is 0 Å². The summed E-state index contributed by atoms with van der Waals surface area (Å²) in [5, 5.41) is 10.1. The lowest BCUT2D eigenvalue weighted by atomic mass is 9.90.